The maximum atomic E-state index is 2.46. The monoisotopic (exact) mass is 729 g/mol. The Bertz CT molecular complexity index is 3230. The van der Waals surface area contributed by atoms with Crippen molar-refractivity contribution in [1.82, 2.24) is 0 Å². The number of rotatable bonds is 6. The van der Waals surface area contributed by atoms with Crippen molar-refractivity contribution < 1.29 is 0 Å². The fourth-order valence-electron chi connectivity index (χ4n) is 8.54. The normalized spacial score (nSPS) is 11.6. The van der Waals surface area contributed by atoms with E-state index in [1.165, 1.54) is 91.6 Å². The molecule has 0 unspecified atom stereocenters. The molecule has 0 amide bonds. The highest BCUT2D eigenvalue weighted by molar-refractivity contribution is 7.26. The second kappa shape index (κ2) is 13.4. The van der Waals surface area contributed by atoms with Gasteiger partial charge in [0.1, 0.15) is 0 Å². The summed E-state index contributed by atoms with van der Waals surface area (Å²) < 4.78 is 2.61. The van der Waals surface area contributed by atoms with Crippen molar-refractivity contribution in [1.29, 1.82) is 0 Å². The Morgan fingerprint density at radius 1 is 0.321 bits per heavy atom. The van der Waals surface area contributed by atoms with Gasteiger partial charge in [0, 0.05) is 31.5 Å². The first-order valence-electron chi connectivity index (χ1n) is 19.2. The molecule has 11 rings (SSSR count). The highest BCUT2D eigenvalue weighted by Gasteiger charge is 2.20. The van der Waals surface area contributed by atoms with E-state index in [9.17, 15) is 0 Å². The predicted molar refractivity (Wildman–Crippen MR) is 243 cm³/mol. The third-order valence-electron chi connectivity index (χ3n) is 11.2. The van der Waals surface area contributed by atoms with Crippen molar-refractivity contribution in [2.24, 2.45) is 0 Å². The zero-order valence-electron chi connectivity index (χ0n) is 30.6. The Hall–Kier alpha value is -7.00. The summed E-state index contributed by atoms with van der Waals surface area (Å²) in [7, 11) is 0. The largest absolute Gasteiger partial charge is 0.310 e. The van der Waals surface area contributed by atoms with Gasteiger partial charge in [-0.3, -0.25) is 0 Å². The average molecular weight is 730 g/mol. The minimum absolute atomic E-state index is 1.11. The van der Waals surface area contributed by atoms with Gasteiger partial charge in [0.25, 0.3) is 0 Å². The zero-order valence-corrected chi connectivity index (χ0v) is 31.4. The summed E-state index contributed by atoms with van der Waals surface area (Å²) in [4.78, 5) is 2.46. The number of hydrogen-bond acceptors (Lipinski definition) is 2. The first-order chi connectivity index (χ1) is 27.8. The van der Waals surface area contributed by atoms with Gasteiger partial charge >= 0.3 is 0 Å². The second-order valence-corrected chi connectivity index (χ2v) is 15.5. The molecule has 11 aromatic rings. The summed E-state index contributed by atoms with van der Waals surface area (Å²) in [5.74, 6) is 0. The summed E-state index contributed by atoms with van der Waals surface area (Å²) in [6.45, 7) is 0. The van der Waals surface area contributed by atoms with Gasteiger partial charge in [-0.05, 0) is 108 Å². The van der Waals surface area contributed by atoms with Crippen LogP contribution in [0, 0.1) is 0 Å². The molecule has 56 heavy (non-hydrogen) atoms. The van der Waals surface area contributed by atoms with E-state index in [0.29, 0.717) is 0 Å². The summed E-state index contributed by atoms with van der Waals surface area (Å²) in [6, 6.07) is 77.7. The molecule has 0 N–H and O–H groups in total. The van der Waals surface area contributed by atoms with Crippen LogP contribution in [0.2, 0.25) is 0 Å². The Balaban J connectivity index is 1.09. The number of anilines is 3. The highest BCUT2D eigenvalue weighted by atomic mass is 32.1. The Morgan fingerprint density at radius 3 is 1.68 bits per heavy atom. The molecule has 0 aliphatic carbocycles. The first-order valence-corrected chi connectivity index (χ1v) is 20.0. The lowest BCUT2D eigenvalue weighted by atomic mass is 9.93. The molecular weight excluding hydrogens is 695 g/mol. The lowest BCUT2D eigenvalue weighted by Gasteiger charge is -2.27. The van der Waals surface area contributed by atoms with Crippen LogP contribution in [0.15, 0.2) is 212 Å². The van der Waals surface area contributed by atoms with Gasteiger partial charge in [0.05, 0.1) is 5.69 Å². The Morgan fingerprint density at radius 2 is 0.911 bits per heavy atom. The van der Waals surface area contributed by atoms with Gasteiger partial charge in [-0.15, -0.1) is 11.3 Å². The Labute approximate surface area is 330 Å². The number of fused-ring (bicyclic) bond motifs is 8. The van der Waals surface area contributed by atoms with Gasteiger partial charge in [0.15, 0.2) is 0 Å². The molecule has 1 aromatic heterocycles. The van der Waals surface area contributed by atoms with Gasteiger partial charge in [-0.25, -0.2) is 0 Å². The number of thiophene rings is 1. The molecule has 0 aliphatic heterocycles. The van der Waals surface area contributed by atoms with Crippen LogP contribution >= 0.6 is 11.3 Å². The van der Waals surface area contributed by atoms with Crippen molar-refractivity contribution in [3.05, 3.63) is 212 Å². The third-order valence-corrected chi connectivity index (χ3v) is 12.4. The Kier molecular flexibility index (Phi) is 7.75. The van der Waals surface area contributed by atoms with Crippen molar-refractivity contribution in [3.63, 3.8) is 0 Å². The van der Waals surface area contributed by atoms with E-state index >= 15 is 0 Å². The van der Waals surface area contributed by atoms with E-state index in [-0.39, 0.29) is 0 Å². The number of benzene rings is 10. The van der Waals surface area contributed by atoms with Gasteiger partial charge in [-0.1, -0.05) is 170 Å². The zero-order chi connectivity index (χ0) is 37.0. The maximum Gasteiger partial charge on any atom is 0.0554 e. The van der Waals surface area contributed by atoms with Crippen molar-refractivity contribution >= 4 is 80.9 Å². The minimum atomic E-state index is 1.11. The van der Waals surface area contributed by atoms with Crippen LogP contribution in [0.4, 0.5) is 17.1 Å². The van der Waals surface area contributed by atoms with E-state index in [0.717, 1.165) is 11.4 Å². The van der Waals surface area contributed by atoms with E-state index in [2.05, 4.69) is 217 Å². The number of hydrogen-bond donors (Lipinski definition) is 0. The molecule has 0 saturated heterocycles. The van der Waals surface area contributed by atoms with Crippen LogP contribution in [0.5, 0.6) is 0 Å². The molecule has 10 aromatic carbocycles. The quantitative estimate of drug-likeness (QED) is 0.154. The van der Waals surface area contributed by atoms with Gasteiger partial charge in [-0.2, -0.15) is 0 Å². The highest BCUT2D eigenvalue weighted by Crippen LogP contribution is 2.47. The third kappa shape index (κ3) is 5.46. The standard InChI is InChI=1S/C54H35NS/c1-2-12-36(13-3-1)37-24-26-38(27-25-37)39-28-31-43(32-29-39)55(51-22-11-23-52-53(51)49-33-30-40-14-4-7-19-46(40)54(49)56-52)44-17-10-16-41(34-44)50-35-42-15-5-6-18-45(42)47-20-8-9-21-48(47)50/h1-35H. The smallest absolute Gasteiger partial charge is 0.0554 e. The van der Waals surface area contributed by atoms with Crippen LogP contribution in [0.25, 0.3) is 85.9 Å². The topological polar surface area (TPSA) is 3.24 Å². The lowest BCUT2D eigenvalue weighted by Crippen LogP contribution is -2.10. The van der Waals surface area contributed by atoms with Crippen LogP contribution in [0.3, 0.4) is 0 Å². The van der Waals surface area contributed by atoms with E-state index in [4.69, 9.17) is 0 Å². The summed E-state index contributed by atoms with van der Waals surface area (Å²) in [5.41, 5.74) is 10.7. The first kappa shape index (κ1) is 32.4. The molecule has 0 radical (unpaired) electrons. The van der Waals surface area contributed by atoms with E-state index < -0.39 is 0 Å². The van der Waals surface area contributed by atoms with Crippen LogP contribution in [-0.4, -0.2) is 0 Å². The summed E-state index contributed by atoms with van der Waals surface area (Å²) in [6.07, 6.45) is 0. The number of nitrogens with zero attached hydrogens (tertiary/aromatic N) is 1. The van der Waals surface area contributed by atoms with Crippen LogP contribution in [0.1, 0.15) is 0 Å². The minimum Gasteiger partial charge on any atom is -0.310 e. The maximum absolute atomic E-state index is 2.46. The summed E-state index contributed by atoms with van der Waals surface area (Å²) >= 11 is 1.89. The van der Waals surface area contributed by atoms with Crippen molar-refractivity contribution in [3.8, 4) is 33.4 Å². The van der Waals surface area contributed by atoms with E-state index in [1.807, 2.05) is 11.3 Å². The SMILES string of the molecule is c1ccc(-c2ccc(-c3ccc(N(c4cccc(-c5cc6ccccc6c6ccccc56)c4)c4cccc5sc6c7ccccc7ccc6c45)cc3)cc2)cc1. The molecule has 2 heteroatoms. The van der Waals surface area contributed by atoms with Crippen LogP contribution < -0.4 is 4.90 Å². The fourth-order valence-corrected chi connectivity index (χ4v) is 9.80. The molecule has 0 spiro atoms. The second-order valence-electron chi connectivity index (χ2n) is 14.5. The molecule has 0 saturated carbocycles. The molecule has 0 bridgehead atoms. The predicted octanol–water partition coefficient (Wildman–Crippen LogP) is 16.0. The molecule has 0 aliphatic rings. The van der Waals surface area contributed by atoms with Gasteiger partial charge in [0.2, 0.25) is 0 Å². The van der Waals surface area contributed by atoms with E-state index in [1.54, 1.807) is 0 Å². The molecule has 1 nitrogen and oxygen atoms in total. The van der Waals surface area contributed by atoms with Crippen molar-refractivity contribution in [2.45, 2.75) is 0 Å². The average Bonchev–Trinajstić information content (AvgIpc) is 3.67. The molecule has 0 atom stereocenters. The summed E-state index contributed by atoms with van der Waals surface area (Å²) in [5, 5.41) is 10.2. The molecule has 0 fully saturated rings. The lowest BCUT2D eigenvalue weighted by molar-refractivity contribution is 1.30. The van der Waals surface area contributed by atoms with Gasteiger partial charge < -0.3 is 4.90 Å². The molecular formula is C54H35NS. The van der Waals surface area contributed by atoms with Crippen LogP contribution in [-0.2, 0) is 0 Å². The van der Waals surface area contributed by atoms with Crippen molar-refractivity contribution in [2.75, 3.05) is 4.90 Å². The molecule has 262 valence electrons. The molecule has 1 heterocycles. The fraction of sp³-hybridized carbons (Fsp3) is 0.